The van der Waals surface area contributed by atoms with Crippen LogP contribution >= 0.6 is 11.8 Å². The van der Waals surface area contributed by atoms with Gasteiger partial charge >= 0.3 is 0 Å². The van der Waals surface area contributed by atoms with Gasteiger partial charge in [-0.2, -0.15) is 5.26 Å². The van der Waals surface area contributed by atoms with Crippen molar-refractivity contribution in [2.24, 2.45) is 11.8 Å². The van der Waals surface area contributed by atoms with Crippen LogP contribution in [0.3, 0.4) is 0 Å². The SMILES string of the molecule is CC(=O)SCC(C#N)C1CC1. The van der Waals surface area contributed by atoms with Gasteiger partial charge in [-0.1, -0.05) is 11.8 Å². The fourth-order valence-electron chi connectivity index (χ4n) is 0.984. The van der Waals surface area contributed by atoms with Gasteiger partial charge in [0.1, 0.15) is 0 Å². The summed E-state index contributed by atoms with van der Waals surface area (Å²) in [5.74, 6) is 1.40. The lowest BCUT2D eigenvalue weighted by atomic mass is 10.1. The molecule has 11 heavy (non-hydrogen) atoms. The van der Waals surface area contributed by atoms with Crippen LogP contribution in [0.5, 0.6) is 0 Å². The van der Waals surface area contributed by atoms with Gasteiger partial charge in [0.05, 0.1) is 12.0 Å². The van der Waals surface area contributed by atoms with E-state index in [9.17, 15) is 4.79 Å². The third kappa shape index (κ3) is 2.94. The van der Waals surface area contributed by atoms with Crippen LogP contribution in [0.25, 0.3) is 0 Å². The van der Waals surface area contributed by atoms with Crippen LogP contribution in [0, 0.1) is 23.2 Å². The first-order valence-corrected chi connectivity index (χ1v) is 4.75. The summed E-state index contributed by atoms with van der Waals surface area (Å²) in [6.07, 6.45) is 2.35. The predicted octanol–water partition coefficient (Wildman–Crippen LogP) is 1.82. The molecule has 1 aliphatic rings. The smallest absolute Gasteiger partial charge is 0.185 e. The van der Waals surface area contributed by atoms with Gasteiger partial charge in [0.2, 0.25) is 0 Å². The Morgan fingerprint density at radius 3 is 2.82 bits per heavy atom. The van der Waals surface area contributed by atoms with Gasteiger partial charge in [-0.25, -0.2) is 0 Å². The van der Waals surface area contributed by atoms with E-state index in [-0.39, 0.29) is 11.0 Å². The van der Waals surface area contributed by atoms with E-state index < -0.39 is 0 Å². The molecule has 1 saturated carbocycles. The third-order valence-electron chi connectivity index (χ3n) is 1.82. The summed E-state index contributed by atoms with van der Waals surface area (Å²) < 4.78 is 0. The van der Waals surface area contributed by atoms with Crippen molar-refractivity contribution in [2.45, 2.75) is 19.8 Å². The minimum absolute atomic E-state index is 0.115. The Morgan fingerprint density at radius 2 is 2.45 bits per heavy atom. The zero-order chi connectivity index (χ0) is 8.27. The molecule has 0 radical (unpaired) electrons. The fourth-order valence-corrected chi connectivity index (χ4v) is 1.75. The Kier molecular flexibility index (Phi) is 2.95. The quantitative estimate of drug-likeness (QED) is 0.647. The molecule has 1 aliphatic carbocycles. The van der Waals surface area contributed by atoms with E-state index in [1.165, 1.54) is 24.6 Å². The molecule has 1 atom stereocenters. The van der Waals surface area contributed by atoms with Gasteiger partial charge in [0.25, 0.3) is 0 Å². The molecular formula is C8H11NOS. The Hall–Kier alpha value is -0.490. The molecule has 0 aliphatic heterocycles. The van der Waals surface area contributed by atoms with Gasteiger partial charge in [-0.05, 0) is 18.8 Å². The zero-order valence-corrected chi connectivity index (χ0v) is 7.36. The van der Waals surface area contributed by atoms with E-state index in [0.29, 0.717) is 11.7 Å². The lowest BCUT2D eigenvalue weighted by Gasteiger charge is -2.02. The van der Waals surface area contributed by atoms with Crippen LogP contribution in [0.1, 0.15) is 19.8 Å². The molecule has 0 heterocycles. The van der Waals surface area contributed by atoms with Crippen molar-refractivity contribution in [1.29, 1.82) is 5.26 Å². The van der Waals surface area contributed by atoms with E-state index in [4.69, 9.17) is 5.26 Å². The summed E-state index contributed by atoms with van der Waals surface area (Å²) in [5.41, 5.74) is 0. The third-order valence-corrected chi connectivity index (χ3v) is 2.76. The topological polar surface area (TPSA) is 40.9 Å². The minimum Gasteiger partial charge on any atom is -0.288 e. The van der Waals surface area contributed by atoms with Gasteiger partial charge in [0.15, 0.2) is 5.12 Å². The number of nitriles is 1. The van der Waals surface area contributed by atoms with Gasteiger partial charge in [-0.3, -0.25) is 4.79 Å². The first-order chi connectivity index (χ1) is 5.24. The van der Waals surface area contributed by atoms with Crippen LogP contribution in [0.2, 0.25) is 0 Å². The molecule has 0 bridgehead atoms. The number of hydrogen-bond acceptors (Lipinski definition) is 3. The second-order valence-corrected chi connectivity index (χ2v) is 4.07. The Bertz CT molecular complexity index is 193. The summed E-state index contributed by atoms with van der Waals surface area (Å²) in [6, 6.07) is 2.25. The molecule has 2 nitrogen and oxygen atoms in total. The Labute approximate surface area is 71.0 Å². The summed E-state index contributed by atoms with van der Waals surface area (Å²) in [7, 11) is 0. The fraction of sp³-hybridized carbons (Fsp3) is 0.750. The highest BCUT2D eigenvalue weighted by Gasteiger charge is 2.31. The normalized spacial score (nSPS) is 18.9. The highest BCUT2D eigenvalue weighted by molar-refractivity contribution is 8.13. The van der Waals surface area contributed by atoms with Crippen molar-refractivity contribution in [3.8, 4) is 6.07 Å². The maximum atomic E-state index is 10.6. The number of hydrogen-bond donors (Lipinski definition) is 0. The minimum atomic E-state index is 0.115. The lowest BCUT2D eigenvalue weighted by Crippen LogP contribution is -2.04. The number of nitrogens with zero attached hydrogens (tertiary/aromatic N) is 1. The molecule has 0 aromatic rings. The number of carbonyl (C=O) groups is 1. The summed E-state index contributed by atoms with van der Waals surface area (Å²) in [5, 5.41) is 8.79. The maximum Gasteiger partial charge on any atom is 0.185 e. The predicted molar refractivity (Wildman–Crippen MR) is 45.0 cm³/mol. The van der Waals surface area contributed by atoms with Crippen LogP contribution in [0.4, 0.5) is 0 Å². The molecule has 1 fully saturated rings. The zero-order valence-electron chi connectivity index (χ0n) is 6.54. The van der Waals surface area contributed by atoms with Crippen molar-refractivity contribution in [1.82, 2.24) is 0 Å². The highest BCUT2D eigenvalue weighted by Crippen LogP contribution is 2.37. The van der Waals surface area contributed by atoms with Crippen molar-refractivity contribution < 1.29 is 4.79 Å². The van der Waals surface area contributed by atoms with Crippen LogP contribution in [-0.4, -0.2) is 10.9 Å². The van der Waals surface area contributed by atoms with Crippen LogP contribution in [-0.2, 0) is 4.79 Å². The van der Waals surface area contributed by atoms with Crippen molar-refractivity contribution in [3.05, 3.63) is 0 Å². The largest absolute Gasteiger partial charge is 0.288 e. The van der Waals surface area contributed by atoms with Crippen molar-refractivity contribution in [2.75, 3.05) is 5.75 Å². The van der Waals surface area contributed by atoms with E-state index in [2.05, 4.69) is 6.07 Å². The molecule has 0 N–H and O–H groups in total. The molecule has 1 rings (SSSR count). The molecule has 3 heteroatoms. The molecular weight excluding hydrogens is 158 g/mol. The first-order valence-electron chi connectivity index (χ1n) is 3.77. The number of rotatable bonds is 3. The lowest BCUT2D eigenvalue weighted by molar-refractivity contribution is -0.109. The highest BCUT2D eigenvalue weighted by atomic mass is 32.2. The standard InChI is InChI=1S/C8H11NOS/c1-6(10)11-5-8(4-9)7-2-3-7/h7-8H,2-3,5H2,1H3. The molecule has 60 valence electrons. The average Bonchev–Trinajstić information content (AvgIpc) is 2.72. The maximum absolute atomic E-state index is 10.6. The van der Waals surface area contributed by atoms with E-state index in [1.54, 1.807) is 6.92 Å². The van der Waals surface area contributed by atoms with E-state index in [1.807, 2.05) is 0 Å². The Morgan fingerprint density at radius 1 is 1.82 bits per heavy atom. The molecule has 0 aromatic carbocycles. The van der Waals surface area contributed by atoms with E-state index >= 15 is 0 Å². The van der Waals surface area contributed by atoms with Crippen LogP contribution < -0.4 is 0 Å². The molecule has 0 saturated heterocycles. The molecule has 0 spiro atoms. The molecule has 0 aromatic heterocycles. The second-order valence-electron chi connectivity index (χ2n) is 2.88. The monoisotopic (exact) mass is 169 g/mol. The Balaban J connectivity index is 2.22. The average molecular weight is 169 g/mol. The van der Waals surface area contributed by atoms with Gasteiger partial charge in [0, 0.05) is 12.7 Å². The first kappa shape index (κ1) is 8.61. The van der Waals surface area contributed by atoms with Gasteiger partial charge < -0.3 is 0 Å². The number of thioether (sulfide) groups is 1. The van der Waals surface area contributed by atoms with Crippen molar-refractivity contribution in [3.63, 3.8) is 0 Å². The van der Waals surface area contributed by atoms with Crippen LogP contribution in [0.15, 0.2) is 0 Å². The molecule has 0 amide bonds. The van der Waals surface area contributed by atoms with E-state index in [0.717, 1.165) is 0 Å². The summed E-state index contributed by atoms with van der Waals surface area (Å²) in [4.78, 5) is 10.6. The molecule has 1 unspecified atom stereocenters. The summed E-state index contributed by atoms with van der Waals surface area (Å²) in [6.45, 7) is 1.55. The number of carbonyl (C=O) groups excluding carboxylic acids is 1. The summed E-state index contributed by atoms with van der Waals surface area (Å²) >= 11 is 1.27. The van der Waals surface area contributed by atoms with Gasteiger partial charge in [-0.15, -0.1) is 0 Å². The second kappa shape index (κ2) is 3.77. The van der Waals surface area contributed by atoms with Crippen molar-refractivity contribution >= 4 is 16.9 Å².